The number of carbonyl (C=O) groups is 3. The van der Waals surface area contributed by atoms with E-state index >= 15 is 0 Å². The zero-order chi connectivity index (χ0) is 25.5. The van der Waals surface area contributed by atoms with Crippen LogP contribution in [0.15, 0.2) is 71.4 Å². The smallest absolute Gasteiger partial charge is 0.340 e. The Kier molecular flexibility index (Phi) is 8.17. The van der Waals surface area contributed by atoms with Crippen molar-refractivity contribution in [3.63, 3.8) is 0 Å². The first-order valence-corrected chi connectivity index (χ1v) is 11.9. The number of hydrogen-bond donors (Lipinski definition) is 1. The summed E-state index contributed by atoms with van der Waals surface area (Å²) < 4.78 is 16.0. The second kappa shape index (κ2) is 11.7. The third-order valence-electron chi connectivity index (χ3n) is 6.20. The van der Waals surface area contributed by atoms with Gasteiger partial charge in [-0.2, -0.15) is 0 Å². The van der Waals surface area contributed by atoms with Gasteiger partial charge in [-0.1, -0.05) is 42.5 Å². The van der Waals surface area contributed by atoms with E-state index in [1.165, 1.54) is 7.11 Å². The predicted molar refractivity (Wildman–Crippen MR) is 134 cm³/mol. The molecule has 1 atom stereocenters. The van der Waals surface area contributed by atoms with E-state index in [2.05, 4.69) is 5.32 Å². The Labute approximate surface area is 210 Å². The van der Waals surface area contributed by atoms with Crippen LogP contribution in [0.4, 0.5) is 0 Å². The van der Waals surface area contributed by atoms with Gasteiger partial charge in [0.25, 0.3) is 11.8 Å². The Morgan fingerprint density at radius 3 is 2.56 bits per heavy atom. The fraction of sp³-hybridized carbons (Fsp3) is 0.321. The van der Waals surface area contributed by atoms with Crippen molar-refractivity contribution in [1.29, 1.82) is 0 Å². The number of benzene rings is 2. The van der Waals surface area contributed by atoms with Gasteiger partial charge in [0, 0.05) is 18.8 Å². The molecule has 0 radical (unpaired) electrons. The van der Waals surface area contributed by atoms with Gasteiger partial charge in [-0.15, -0.1) is 0 Å². The first-order chi connectivity index (χ1) is 17.5. The number of ether oxygens (including phenoxy) is 3. The van der Waals surface area contributed by atoms with Crippen molar-refractivity contribution < 1.29 is 28.6 Å². The molecule has 36 heavy (non-hydrogen) atoms. The van der Waals surface area contributed by atoms with Gasteiger partial charge in [0.1, 0.15) is 5.75 Å². The molecule has 2 heterocycles. The molecule has 0 saturated carbocycles. The molecule has 188 valence electrons. The lowest BCUT2D eigenvalue weighted by Gasteiger charge is -2.17. The maximum absolute atomic E-state index is 13.3. The molecule has 2 aliphatic heterocycles. The number of esters is 1. The number of rotatable bonds is 9. The Bertz CT molecular complexity index is 1160. The van der Waals surface area contributed by atoms with Crippen molar-refractivity contribution in [1.82, 2.24) is 10.2 Å². The molecule has 1 N–H and O–H groups in total. The highest BCUT2D eigenvalue weighted by Crippen LogP contribution is 2.33. The summed E-state index contributed by atoms with van der Waals surface area (Å²) >= 11 is 0. The van der Waals surface area contributed by atoms with Gasteiger partial charge in [-0.05, 0) is 49.1 Å². The van der Waals surface area contributed by atoms with Gasteiger partial charge in [0.05, 0.1) is 30.9 Å². The maximum Gasteiger partial charge on any atom is 0.340 e. The molecule has 2 aliphatic rings. The van der Waals surface area contributed by atoms with Gasteiger partial charge in [0.2, 0.25) is 0 Å². The minimum atomic E-state index is -0.559. The predicted octanol–water partition coefficient (Wildman–Crippen LogP) is 3.23. The van der Waals surface area contributed by atoms with Gasteiger partial charge in [0.15, 0.2) is 6.61 Å². The van der Waals surface area contributed by atoms with Gasteiger partial charge >= 0.3 is 5.97 Å². The van der Waals surface area contributed by atoms with Crippen LogP contribution in [0.25, 0.3) is 6.08 Å². The molecule has 0 unspecified atom stereocenters. The molecule has 2 aromatic carbocycles. The largest absolute Gasteiger partial charge is 0.484 e. The van der Waals surface area contributed by atoms with E-state index in [-0.39, 0.29) is 35.7 Å². The molecule has 0 spiro atoms. The fourth-order valence-electron chi connectivity index (χ4n) is 4.24. The summed E-state index contributed by atoms with van der Waals surface area (Å²) in [7, 11) is 1.30. The minimum Gasteiger partial charge on any atom is -0.484 e. The van der Waals surface area contributed by atoms with Crippen LogP contribution in [0.3, 0.4) is 0 Å². The summed E-state index contributed by atoms with van der Waals surface area (Å²) in [6.45, 7) is 3.22. The van der Waals surface area contributed by atoms with E-state index in [0.29, 0.717) is 30.1 Å². The quantitative estimate of drug-likeness (QED) is 0.429. The van der Waals surface area contributed by atoms with Crippen LogP contribution in [0.5, 0.6) is 5.75 Å². The number of nitrogens with one attached hydrogen (secondary N) is 1. The molecule has 4 rings (SSSR count). The van der Waals surface area contributed by atoms with Crippen molar-refractivity contribution in [2.75, 3.05) is 26.9 Å². The fourth-order valence-corrected chi connectivity index (χ4v) is 4.24. The molecule has 2 aromatic rings. The van der Waals surface area contributed by atoms with Crippen molar-refractivity contribution in [2.24, 2.45) is 0 Å². The molecule has 0 aromatic heterocycles. The SMILES string of the molecule is COC(=O)C1=C(C)N(Cc2ccccc2)C(=O)/C1=C\c1ccc(OCC(=O)NC[C@@H]2CCCO2)cc1. The normalized spacial score (nSPS) is 18.6. The molecule has 8 heteroatoms. The topological polar surface area (TPSA) is 94.2 Å². The van der Waals surface area contributed by atoms with Crippen LogP contribution in [-0.2, 0) is 30.4 Å². The van der Waals surface area contributed by atoms with E-state index < -0.39 is 5.97 Å². The summed E-state index contributed by atoms with van der Waals surface area (Å²) in [6.07, 6.45) is 3.72. The minimum absolute atomic E-state index is 0.0794. The van der Waals surface area contributed by atoms with Crippen LogP contribution < -0.4 is 10.1 Å². The molecule has 1 fully saturated rings. The Morgan fingerprint density at radius 1 is 1.14 bits per heavy atom. The first kappa shape index (κ1) is 25.2. The van der Waals surface area contributed by atoms with E-state index in [4.69, 9.17) is 14.2 Å². The maximum atomic E-state index is 13.3. The van der Waals surface area contributed by atoms with Crippen molar-refractivity contribution in [2.45, 2.75) is 32.4 Å². The van der Waals surface area contributed by atoms with Gasteiger partial charge < -0.3 is 24.4 Å². The number of carbonyl (C=O) groups excluding carboxylic acids is 3. The third-order valence-corrected chi connectivity index (χ3v) is 6.20. The third kappa shape index (κ3) is 6.01. The molecule has 8 nitrogen and oxygen atoms in total. The van der Waals surface area contributed by atoms with Crippen LogP contribution in [0.1, 0.15) is 30.9 Å². The molecule has 0 aliphatic carbocycles. The van der Waals surface area contributed by atoms with Crippen LogP contribution in [-0.4, -0.2) is 55.7 Å². The zero-order valence-corrected chi connectivity index (χ0v) is 20.5. The highest BCUT2D eigenvalue weighted by molar-refractivity contribution is 6.16. The lowest BCUT2D eigenvalue weighted by molar-refractivity contribution is -0.136. The highest BCUT2D eigenvalue weighted by Gasteiger charge is 2.36. The molecular formula is C28H30N2O6. The van der Waals surface area contributed by atoms with E-state index in [1.54, 1.807) is 42.2 Å². The Hall–Kier alpha value is -3.91. The van der Waals surface area contributed by atoms with Crippen molar-refractivity contribution in [3.05, 3.63) is 82.6 Å². The molecular weight excluding hydrogens is 460 g/mol. The zero-order valence-electron chi connectivity index (χ0n) is 20.5. The number of allylic oxidation sites excluding steroid dienone is 1. The molecule has 0 bridgehead atoms. The lowest BCUT2D eigenvalue weighted by Crippen LogP contribution is -2.35. The number of hydrogen-bond acceptors (Lipinski definition) is 6. The molecule has 2 amide bonds. The van der Waals surface area contributed by atoms with Crippen molar-refractivity contribution >= 4 is 23.9 Å². The standard InChI is InChI=1S/C28H30N2O6/c1-19-26(28(33)34-2)24(27(32)30(19)17-21-7-4-3-5-8-21)15-20-10-12-22(13-11-20)36-18-25(31)29-16-23-9-6-14-35-23/h3-5,7-8,10-13,15,23H,6,9,14,16-18H2,1-2H3,(H,29,31)/b24-15-/t23-/m0/s1. The summed E-state index contributed by atoms with van der Waals surface area (Å²) in [6, 6.07) is 16.6. The summed E-state index contributed by atoms with van der Waals surface area (Å²) in [5.41, 5.74) is 2.75. The summed E-state index contributed by atoms with van der Waals surface area (Å²) in [5, 5.41) is 2.82. The van der Waals surface area contributed by atoms with E-state index in [1.807, 2.05) is 30.3 Å². The van der Waals surface area contributed by atoms with Crippen LogP contribution in [0, 0.1) is 0 Å². The first-order valence-electron chi connectivity index (χ1n) is 11.9. The summed E-state index contributed by atoms with van der Waals surface area (Å²) in [5.74, 6) is -0.514. The van der Waals surface area contributed by atoms with Crippen LogP contribution >= 0.6 is 0 Å². The van der Waals surface area contributed by atoms with E-state index in [0.717, 1.165) is 25.0 Å². The van der Waals surface area contributed by atoms with Crippen molar-refractivity contribution in [3.8, 4) is 5.75 Å². The number of nitrogens with zero attached hydrogens (tertiary/aromatic N) is 1. The average Bonchev–Trinajstić information content (AvgIpc) is 3.50. The van der Waals surface area contributed by atoms with Crippen LogP contribution in [0.2, 0.25) is 0 Å². The lowest BCUT2D eigenvalue weighted by atomic mass is 10.0. The summed E-state index contributed by atoms with van der Waals surface area (Å²) in [4.78, 5) is 39.4. The Balaban J connectivity index is 1.43. The second-order valence-corrected chi connectivity index (χ2v) is 8.68. The van der Waals surface area contributed by atoms with Gasteiger partial charge in [-0.3, -0.25) is 9.59 Å². The monoisotopic (exact) mass is 490 g/mol. The molecule has 1 saturated heterocycles. The van der Waals surface area contributed by atoms with E-state index in [9.17, 15) is 14.4 Å². The number of methoxy groups -OCH3 is 1. The highest BCUT2D eigenvalue weighted by atomic mass is 16.5. The van der Waals surface area contributed by atoms with Gasteiger partial charge in [-0.25, -0.2) is 4.79 Å². The number of amides is 2. The second-order valence-electron chi connectivity index (χ2n) is 8.68. The Morgan fingerprint density at radius 2 is 1.89 bits per heavy atom. The average molecular weight is 491 g/mol.